The van der Waals surface area contributed by atoms with Gasteiger partial charge >= 0.3 is 11.9 Å². The molecule has 0 radical (unpaired) electrons. The quantitative estimate of drug-likeness (QED) is 0.638. The van der Waals surface area contributed by atoms with Gasteiger partial charge in [-0.05, 0) is 12.8 Å². The lowest BCUT2D eigenvalue weighted by molar-refractivity contribution is -0.159. The third-order valence-electron chi connectivity index (χ3n) is 2.22. The number of rotatable bonds is 9. The summed E-state index contributed by atoms with van der Waals surface area (Å²) >= 11 is 0. The van der Waals surface area contributed by atoms with E-state index in [0.717, 1.165) is 0 Å². The van der Waals surface area contributed by atoms with Crippen molar-refractivity contribution in [2.24, 2.45) is 0 Å². The Labute approximate surface area is 113 Å². The number of amides is 1. The molecule has 0 aromatic heterocycles. The second kappa shape index (κ2) is 10.3. The van der Waals surface area contributed by atoms with Crippen molar-refractivity contribution in [3.05, 3.63) is 0 Å². The van der Waals surface area contributed by atoms with E-state index in [1.165, 1.54) is 6.92 Å². The van der Waals surface area contributed by atoms with Crippen LogP contribution in [0.5, 0.6) is 0 Å². The van der Waals surface area contributed by atoms with E-state index in [4.69, 9.17) is 9.47 Å². The molecule has 0 saturated heterocycles. The first-order chi connectivity index (χ1) is 8.99. The van der Waals surface area contributed by atoms with Gasteiger partial charge in [-0.3, -0.25) is 14.4 Å². The van der Waals surface area contributed by atoms with Crippen LogP contribution < -0.4 is 5.32 Å². The fraction of sp³-hybridized carbons (Fsp3) is 0.769. The summed E-state index contributed by atoms with van der Waals surface area (Å²) in [6.45, 7) is 5.22. The minimum Gasteiger partial charge on any atom is -0.462 e. The number of carbonyl (C=O) groups excluding carboxylic acids is 3. The first kappa shape index (κ1) is 17.4. The average Bonchev–Trinajstić information content (AvgIpc) is 2.33. The van der Waals surface area contributed by atoms with Gasteiger partial charge in [-0.25, -0.2) is 0 Å². The van der Waals surface area contributed by atoms with E-state index >= 15 is 0 Å². The van der Waals surface area contributed by atoms with Crippen LogP contribution in [0.2, 0.25) is 0 Å². The summed E-state index contributed by atoms with van der Waals surface area (Å²) in [4.78, 5) is 33.5. The number of ether oxygens (including phenoxy) is 2. The molecule has 0 fully saturated rings. The van der Waals surface area contributed by atoms with E-state index in [2.05, 4.69) is 5.32 Å². The largest absolute Gasteiger partial charge is 0.462 e. The lowest BCUT2D eigenvalue weighted by Gasteiger charge is -2.18. The summed E-state index contributed by atoms with van der Waals surface area (Å²) in [5.74, 6) is -0.914. The first-order valence-corrected chi connectivity index (χ1v) is 6.59. The Morgan fingerprint density at radius 3 is 2.16 bits per heavy atom. The van der Waals surface area contributed by atoms with E-state index < -0.39 is 6.10 Å². The molecule has 0 rings (SSSR count). The van der Waals surface area contributed by atoms with Gasteiger partial charge in [0.25, 0.3) is 0 Å². The van der Waals surface area contributed by atoms with E-state index in [1.54, 1.807) is 0 Å². The molecule has 6 heteroatoms. The molecule has 0 unspecified atom stereocenters. The molecule has 0 heterocycles. The van der Waals surface area contributed by atoms with Crippen LogP contribution in [-0.2, 0) is 23.9 Å². The van der Waals surface area contributed by atoms with Crippen LogP contribution in [0, 0.1) is 0 Å². The Kier molecular flexibility index (Phi) is 9.48. The van der Waals surface area contributed by atoms with Gasteiger partial charge in [-0.2, -0.15) is 0 Å². The molecule has 0 spiro atoms. The maximum atomic E-state index is 11.4. The standard InChI is InChI=1S/C13H23NO5/c1-4-6-12(16)18-9-11(8-14-10(3)15)19-13(17)7-5-2/h11H,4-9H2,1-3H3,(H,14,15)/t11-/m1/s1. The van der Waals surface area contributed by atoms with Crippen LogP contribution in [0.1, 0.15) is 46.5 Å². The molecule has 0 aromatic carbocycles. The normalized spacial score (nSPS) is 11.5. The van der Waals surface area contributed by atoms with Crippen LogP contribution in [0.3, 0.4) is 0 Å². The van der Waals surface area contributed by atoms with Crippen molar-refractivity contribution < 1.29 is 23.9 Å². The molecule has 0 aliphatic heterocycles. The Balaban J connectivity index is 4.20. The van der Waals surface area contributed by atoms with Crippen molar-refractivity contribution in [2.45, 2.75) is 52.6 Å². The molecule has 110 valence electrons. The summed E-state index contributed by atoms with van der Waals surface area (Å²) in [7, 11) is 0. The molecule has 0 aliphatic carbocycles. The smallest absolute Gasteiger partial charge is 0.306 e. The van der Waals surface area contributed by atoms with Crippen molar-refractivity contribution >= 4 is 17.8 Å². The number of hydrogen-bond acceptors (Lipinski definition) is 5. The molecule has 6 nitrogen and oxygen atoms in total. The van der Waals surface area contributed by atoms with Crippen LogP contribution in [0.4, 0.5) is 0 Å². The fourth-order valence-corrected chi connectivity index (χ4v) is 1.30. The summed E-state index contributed by atoms with van der Waals surface area (Å²) in [5.41, 5.74) is 0. The van der Waals surface area contributed by atoms with E-state index in [-0.39, 0.29) is 31.0 Å². The van der Waals surface area contributed by atoms with Crippen LogP contribution in [-0.4, -0.2) is 37.1 Å². The highest BCUT2D eigenvalue weighted by Gasteiger charge is 2.16. The van der Waals surface area contributed by atoms with Crippen molar-refractivity contribution in [3.8, 4) is 0 Å². The molecule has 1 amide bonds. The zero-order valence-corrected chi connectivity index (χ0v) is 11.9. The molecule has 0 aliphatic rings. The monoisotopic (exact) mass is 273 g/mol. The lowest BCUT2D eigenvalue weighted by atomic mass is 10.3. The van der Waals surface area contributed by atoms with Gasteiger partial charge in [0, 0.05) is 19.8 Å². The predicted molar refractivity (Wildman–Crippen MR) is 69.3 cm³/mol. The molecular weight excluding hydrogens is 250 g/mol. The van der Waals surface area contributed by atoms with Crippen LogP contribution in [0.25, 0.3) is 0 Å². The first-order valence-electron chi connectivity index (χ1n) is 6.59. The number of carbonyl (C=O) groups is 3. The molecule has 0 saturated carbocycles. The summed E-state index contributed by atoms with van der Waals surface area (Å²) < 4.78 is 10.1. The number of nitrogens with one attached hydrogen (secondary N) is 1. The Morgan fingerprint density at radius 2 is 1.63 bits per heavy atom. The minimum absolute atomic E-state index is 0.0332. The van der Waals surface area contributed by atoms with Gasteiger partial charge in [0.2, 0.25) is 5.91 Å². The van der Waals surface area contributed by atoms with E-state index in [0.29, 0.717) is 25.7 Å². The Morgan fingerprint density at radius 1 is 1.05 bits per heavy atom. The minimum atomic E-state index is -0.635. The van der Waals surface area contributed by atoms with Crippen molar-refractivity contribution in [3.63, 3.8) is 0 Å². The van der Waals surface area contributed by atoms with Crippen molar-refractivity contribution in [1.29, 1.82) is 0 Å². The molecule has 19 heavy (non-hydrogen) atoms. The van der Waals surface area contributed by atoms with Gasteiger partial charge in [0.05, 0.1) is 6.54 Å². The summed E-state index contributed by atoms with van der Waals surface area (Å²) in [6.07, 6.45) is 1.38. The Hall–Kier alpha value is -1.59. The average molecular weight is 273 g/mol. The van der Waals surface area contributed by atoms with Crippen molar-refractivity contribution in [2.75, 3.05) is 13.2 Å². The lowest BCUT2D eigenvalue weighted by Crippen LogP contribution is -2.37. The molecule has 0 aromatic rings. The zero-order chi connectivity index (χ0) is 14.7. The fourth-order valence-electron chi connectivity index (χ4n) is 1.30. The van der Waals surface area contributed by atoms with Gasteiger partial charge in [-0.1, -0.05) is 13.8 Å². The Bertz CT molecular complexity index is 303. The highest BCUT2D eigenvalue weighted by Crippen LogP contribution is 2.00. The number of esters is 2. The number of hydrogen-bond donors (Lipinski definition) is 1. The maximum absolute atomic E-state index is 11.4. The topological polar surface area (TPSA) is 81.7 Å². The van der Waals surface area contributed by atoms with E-state index in [9.17, 15) is 14.4 Å². The SMILES string of the molecule is CCCC(=O)OC[C@@H](CNC(C)=O)OC(=O)CCC. The second-order valence-electron chi connectivity index (χ2n) is 4.23. The molecule has 1 atom stereocenters. The van der Waals surface area contributed by atoms with Gasteiger partial charge in [-0.15, -0.1) is 0 Å². The van der Waals surface area contributed by atoms with Gasteiger partial charge in [0.1, 0.15) is 6.61 Å². The van der Waals surface area contributed by atoms with Gasteiger partial charge in [0.15, 0.2) is 6.10 Å². The highest BCUT2D eigenvalue weighted by atomic mass is 16.6. The van der Waals surface area contributed by atoms with E-state index in [1.807, 2.05) is 13.8 Å². The molecular formula is C13H23NO5. The third kappa shape index (κ3) is 10.1. The van der Waals surface area contributed by atoms with Crippen LogP contribution in [0.15, 0.2) is 0 Å². The highest BCUT2D eigenvalue weighted by molar-refractivity contribution is 5.73. The summed E-state index contributed by atoms with van der Waals surface area (Å²) in [6, 6.07) is 0. The molecule has 1 N–H and O–H groups in total. The summed E-state index contributed by atoms with van der Waals surface area (Å²) in [5, 5.41) is 2.54. The van der Waals surface area contributed by atoms with Crippen LogP contribution >= 0.6 is 0 Å². The van der Waals surface area contributed by atoms with Crippen molar-refractivity contribution in [1.82, 2.24) is 5.32 Å². The third-order valence-corrected chi connectivity index (χ3v) is 2.22. The second-order valence-corrected chi connectivity index (χ2v) is 4.23. The predicted octanol–water partition coefficient (Wildman–Crippen LogP) is 1.18. The maximum Gasteiger partial charge on any atom is 0.306 e. The molecule has 0 bridgehead atoms. The van der Waals surface area contributed by atoms with Gasteiger partial charge < -0.3 is 14.8 Å². The zero-order valence-electron chi connectivity index (χ0n) is 11.9.